The normalized spacial score (nSPS) is 12.4. The lowest BCUT2D eigenvalue weighted by atomic mass is 10.1. The maximum Gasteiger partial charge on any atom is 0.225 e. The molecule has 1 unspecified atom stereocenters. The molecular formula is C16H29N3OS. The first-order valence-corrected chi connectivity index (χ1v) is 8.96. The summed E-state index contributed by atoms with van der Waals surface area (Å²) in [7, 11) is 0. The molecular weight excluding hydrogens is 282 g/mol. The van der Waals surface area contributed by atoms with Gasteiger partial charge in [0.05, 0.1) is 5.69 Å². The molecule has 0 aliphatic rings. The summed E-state index contributed by atoms with van der Waals surface area (Å²) in [5.74, 6) is 0.0539. The fraction of sp³-hybridized carbons (Fsp3) is 0.750. The van der Waals surface area contributed by atoms with Gasteiger partial charge in [-0.05, 0) is 19.8 Å². The lowest BCUT2D eigenvalue weighted by Crippen LogP contribution is -2.29. The van der Waals surface area contributed by atoms with E-state index in [0.29, 0.717) is 12.6 Å². The van der Waals surface area contributed by atoms with Crippen LogP contribution in [0.3, 0.4) is 0 Å². The number of nitrogens with one attached hydrogen (secondary N) is 1. The van der Waals surface area contributed by atoms with E-state index in [9.17, 15) is 4.79 Å². The highest BCUT2D eigenvalue weighted by molar-refractivity contribution is 7.14. The van der Waals surface area contributed by atoms with E-state index in [2.05, 4.69) is 29.5 Å². The van der Waals surface area contributed by atoms with Crippen molar-refractivity contribution in [3.63, 3.8) is 0 Å². The molecule has 4 nitrogen and oxygen atoms in total. The van der Waals surface area contributed by atoms with Crippen molar-refractivity contribution in [2.75, 3.05) is 11.4 Å². The SMILES string of the molecule is CCCCC(CCC)NCc1csc(N(CC)C(C)=O)n1. The number of unbranched alkanes of at least 4 members (excludes halogenated alkanes) is 1. The summed E-state index contributed by atoms with van der Waals surface area (Å²) in [5, 5.41) is 6.47. The first-order chi connectivity index (χ1) is 10.1. The number of aromatic nitrogens is 1. The number of anilines is 1. The lowest BCUT2D eigenvalue weighted by molar-refractivity contribution is -0.116. The zero-order chi connectivity index (χ0) is 15.7. The minimum atomic E-state index is 0.0539. The fourth-order valence-corrected chi connectivity index (χ4v) is 3.32. The number of amides is 1. The topological polar surface area (TPSA) is 45.2 Å². The molecule has 0 aliphatic carbocycles. The zero-order valence-corrected chi connectivity index (χ0v) is 14.6. The van der Waals surface area contributed by atoms with E-state index in [4.69, 9.17) is 0 Å². The number of thiazole rings is 1. The number of hydrogen-bond acceptors (Lipinski definition) is 4. The van der Waals surface area contributed by atoms with Crippen molar-refractivity contribution in [1.29, 1.82) is 0 Å². The molecule has 0 bridgehead atoms. The van der Waals surface area contributed by atoms with Gasteiger partial charge in [0.25, 0.3) is 0 Å². The second kappa shape index (κ2) is 9.90. The molecule has 0 spiro atoms. The van der Waals surface area contributed by atoms with Gasteiger partial charge in [0.2, 0.25) is 5.91 Å². The van der Waals surface area contributed by atoms with Crippen LogP contribution in [0.4, 0.5) is 5.13 Å². The monoisotopic (exact) mass is 311 g/mol. The average molecular weight is 311 g/mol. The van der Waals surface area contributed by atoms with Crippen LogP contribution in [-0.4, -0.2) is 23.5 Å². The first-order valence-electron chi connectivity index (χ1n) is 8.08. The molecule has 0 fully saturated rings. The maximum absolute atomic E-state index is 11.5. The van der Waals surface area contributed by atoms with Gasteiger partial charge in [0, 0.05) is 31.4 Å². The van der Waals surface area contributed by atoms with Gasteiger partial charge in [-0.25, -0.2) is 4.98 Å². The third-order valence-corrected chi connectivity index (χ3v) is 4.49. The van der Waals surface area contributed by atoms with Crippen molar-refractivity contribution in [2.24, 2.45) is 0 Å². The summed E-state index contributed by atoms with van der Waals surface area (Å²) in [6.45, 7) is 9.49. The summed E-state index contributed by atoms with van der Waals surface area (Å²) in [6, 6.07) is 0.579. The summed E-state index contributed by atoms with van der Waals surface area (Å²) in [4.78, 5) is 17.8. The Bertz CT molecular complexity index is 419. The minimum absolute atomic E-state index is 0.0539. The second-order valence-electron chi connectivity index (χ2n) is 5.39. The van der Waals surface area contributed by atoms with Crippen molar-refractivity contribution in [3.05, 3.63) is 11.1 Å². The van der Waals surface area contributed by atoms with Crippen LogP contribution in [0.2, 0.25) is 0 Å². The Hall–Kier alpha value is -0.940. The predicted molar refractivity (Wildman–Crippen MR) is 90.9 cm³/mol. The van der Waals surface area contributed by atoms with Crippen molar-refractivity contribution < 1.29 is 4.79 Å². The van der Waals surface area contributed by atoms with Crippen molar-refractivity contribution in [1.82, 2.24) is 10.3 Å². The Morgan fingerprint density at radius 2 is 2.10 bits per heavy atom. The molecule has 0 aromatic carbocycles. The molecule has 1 atom stereocenters. The minimum Gasteiger partial charge on any atom is -0.308 e. The lowest BCUT2D eigenvalue weighted by Gasteiger charge is -2.17. The highest BCUT2D eigenvalue weighted by Gasteiger charge is 2.14. The summed E-state index contributed by atoms with van der Waals surface area (Å²) in [5.41, 5.74) is 1.03. The molecule has 0 saturated carbocycles. The second-order valence-corrected chi connectivity index (χ2v) is 6.23. The predicted octanol–water partition coefficient (Wildman–Crippen LogP) is 3.96. The average Bonchev–Trinajstić information content (AvgIpc) is 2.91. The van der Waals surface area contributed by atoms with Crippen LogP contribution in [0.1, 0.15) is 65.5 Å². The quantitative estimate of drug-likeness (QED) is 0.711. The summed E-state index contributed by atoms with van der Waals surface area (Å²) in [6.07, 6.45) is 6.17. The van der Waals surface area contributed by atoms with Gasteiger partial charge < -0.3 is 5.32 Å². The van der Waals surface area contributed by atoms with Crippen LogP contribution >= 0.6 is 11.3 Å². The molecule has 1 amide bonds. The van der Waals surface area contributed by atoms with Gasteiger partial charge in [-0.1, -0.05) is 33.1 Å². The smallest absolute Gasteiger partial charge is 0.225 e. The molecule has 0 radical (unpaired) electrons. The third kappa shape index (κ3) is 6.14. The van der Waals surface area contributed by atoms with Gasteiger partial charge in [0.15, 0.2) is 5.13 Å². The van der Waals surface area contributed by atoms with Crippen LogP contribution in [0.15, 0.2) is 5.38 Å². The third-order valence-electron chi connectivity index (χ3n) is 3.58. The summed E-state index contributed by atoms with van der Waals surface area (Å²) >= 11 is 1.55. The standard InChI is InChI=1S/C16H29N3OS/c1-5-8-10-14(9-6-2)17-11-15-12-21-16(18-15)19(7-3)13(4)20/h12,14,17H,5-11H2,1-4H3. The van der Waals surface area contributed by atoms with E-state index in [-0.39, 0.29) is 5.91 Å². The van der Waals surface area contributed by atoms with Crippen molar-refractivity contribution in [2.45, 2.75) is 72.4 Å². The Morgan fingerprint density at radius 1 is 1.33 bits per heavy atom. The van der Waals surface area contributed by atoms with Crippen molar-refractivity contribution in [3.8, 4) is 0 Å². The molecule has 0 aliphatic heterocycles. The number of carbonyl (C=O) groups excluding carboxylic acids is 1. The van der Waals surface area contributed by atoms with Crippen molar-refractivity contribution >= 4 is 22.4 Å². The Morgan fingerprint density at radius 3 is 2.67 bits per heavy atom. The molecule has 1 aromatic heterocycles. The molecule has 120 valence electrons. The number of rotatable bonds is 10. The fourth-order valence-electron chi connectivity index (χ4n) is 2.39. The van der Waals surface area contributed by atoms with Gasteiger partial charge in [0.1, 0.15) is 0 Å². The van der Waals surface area contributed by atoms with Crippen LogP contribution in [-0.2, 0) is 11.3 Å². The van der Waals surface area contributed by atoms with E-state index in [1.807, 2.05) is 6.92 Å². The Balaban J connectivity index is 2.54. The van der Waals surface area contributed by atoms with E-state index in [1.54, 1.807) is 23.2 Å². The molecule has 1 N–H and O–H groups in total. The van der Waals surface area contributed by atoms with Crippen LogP contribution in [0, 0.1) is 0 Å². The molecule has 0 saturated heterocycles. The molecule has 5 heteroatoms. The van der Waals surface area contributed by atoms with Gasteiger partial charge in [-0.15, -0.1) is 11.3 Å². The Kier molecular flexibility index (Phi) is 8.54. The summed E-state index contributed by atoms with van der Waals surface area (Å²) < 4.78 is 0. The van der Waals surface area contributed by atoms with E-state index >= 15 is 0 Å². The van der Waals surface area contributed by atoms with Gasteiger partial charge in [-0.2, -0.15) is 0 Å². The van der Waals surface area contributed by atoms with E-state index < -0.39 is 0 Å². The first kappa shape index (κ1) is 18.1. The molecule has 1 rings (SSSR count). The zero-order valence-electron chi connectivity index (χ0n) is 13.8. The van der Waals surface area contributed by atoms with Crippen LogP contribution in [0.25, 0.3) is 0 Å². The maximum atomic E-state index is 11.5. The van der Waals surface area contributed by atoms with Crippen LogP contribution in [0.5, 0.6) is 0 Å². The van der Waals surface area contributed by atoms with E-state index in [0.717, 1.165) is 17.4 Å². The molecule has 21 heavy (non-hydrogen) atoms. The van der Waals surface area contributed by atoms with Crippen LogP contribution < -0.4 is 10.2 Å². The number of nitrogens with zero attached hydrogens (tertiary/aromatic N) is 2. The highest BCUT2D eigenvalue weighted by atomic mass is 32.1. The highest BCUT2D eigenvalue weighted by Crippen LogP contribution is 2.20. The van der Waals surface area contributed by atoms with Gasteiger partial charge >= 0.3 is 0 Å². The number of hydrogen-bond donors (Lipinski definition) is 1. The Labute approximate surface area is 133 Å². The molecule has 1 heterocycles. The molecule has 1 aromatic rings. The number of carbonyl (C=O) groups is 1. The van der Waals surface area contributed by atoms with E-state index in [1.165, 1.54) is 32.1 Å². The largest absolute Gasteiger partial charge is 0.308 e. The van der Waals surface area contributed by atoms with Gasteiger partial charge in [-0.3, -0.25) is 9.69 Å².